The lowest BCUT2D eigenvalue weighted by Gasteiger charge is -2.24. The van der Waals surface area contributed by atoms with Crippen LogP contribution in [0.5, 0.6) is 0 Å². The van der Waals surface area contributed by atoms with Crippen LogP contribution in [0.3, 0.4) is 0 Å². The summed E-state index contributed by atoms with van der Waals surface area (Å²) in [4.78, 5) is 15.5. The summed E-state index contributed by atoms with van der Waals surface area (Å²) in [5, 5.41) is 3.32. The highest BCUT2D eigenvalue weighted by Crippen LogP contribution is 2.36. The zero-order valence-electron chi connectivity index (χ0n) is 21.7. The third-order valence-electron chi connectivity index (χ3n) is 7.07. The Morgan fingerprint density at radius 3 is 2.38 bits per heavy atom. The average Bonchev–Trinajstić information content (AvgIpc) is 3.38. The van der Waals surface area contributed by atoms with Crippen molar-refractivity contribution < 1.29 is 21.6 Å². The number of halogens is 3. The van der Waals surface area contributed by atoms with E-state index in [-0.39, 0.29) is 10.7 Å². The first-order valence-electron chi connectivity index (χ1n) is 13.2. The minimum absolute atomic E-state index is 0.0798. The van der Waals surface area contributed by atoms with Gasteiger partial charge >= 0.3 is 6.18 Å². The van der Waals surface area contributed by atoms with E-state index in [9.17, 15) is 21.6 Å². The Balaban J connectivity index is 1.41. The van der Waals surface area contributed by atoms with Crippen LogP contribution in [0, 0.1) is 0 Å². The van der Waals surface area contributed by atoms with Gasteiger partial charge in [-0.05, 0) is 62.1 Å². The number of pyridine rings is 1. The number of fused-ring (bicyclic) bond motifs is 1. The van der Waals surface area contributed by atoms with Gasteiger partial charge in [-0.25, -0.2) is 23.4 Å². The Morgan fingerprint density at radius 2 is 1.69 bits per heavy atom. The van der Waals surface area contributed by atoms with Crippen LogP contribution in [0.15, 0.2) is 47.5 Å². The molecule has 0 spiro atoms. The first-order chi connectivity index (χ1) is 18.7. The van der Waals surface area contributed by atoms with Crippen molar-refractivity contribution in [2.24, 2.45) is 0 Å². The number of rotatable bonds is 7. The van der Waals surface area contributed by atoms with Crippen molar-refractivity contribution >= 4 is 27.3 Å². The second kappa shape index (κ2) is 11.1. The molecule has 39 heavy (non-hydrogen) atoms. The van der Waals surface area contributed by atoms with Crippen LogP contribution in [0.4, 0.5) is 30.5 Å². The summed E-state index contributed by atoms with van der Waals surface area (Å²) < 4.78 is 68.3. The van der Waals surface area contributed by atoms with E-state index in [2.05, 4.69) is 10.3 Å². The molecule has 208 valence electrons. The van der Waals surface area contributed by atoms with Gasteiger partial charge in [-0.1, -0.05) is 6.92 Å². The summed E-state index contributed by atoms with van der Waals surface area (Å²) >= 11 is 0. The van der Waals surface area contributed by atoms with E-state index in [0.717, 1.165) is 36.6 Å². The molecule has 0 unspecified atom stereocenters. The van der Waals surface area contributed by atoms with Crippen LogP contribution in [0.2, 0.25) is 0 Å². The number of hydrogen-bond donors (Lipinski definition) is 1. The lowest BCUT2D eigenvalue weighted by molar-refractivity contribution is -0.137. The molecule has 12 heteroatoms. The molecule has 3 aromatic rings. The van der Waals surface area contributed by atoms with Gasteiger partial charge in [0.05, 0.1) is 16.2 Å². The summed E-state index contributed by atoms with van der Waals surface area (Å²) in [6.07, 6.45) is 0.997. The number of nitrogens with one attached hydrogen (secondary N) is 1. The maximum Gasteiger partial charge on any atom is 0.419 e. The normalized spacial score (nSPS) is 16.7. The van der Waals surface area contributed by atoms with Crippen molar-refractivity contribution in [2.45, 2.75) is 56.5 Å². The molecule has 4 heterocycles. The first kappa shape index (κ1) is 27.3. The van der Waals surface area contributed by atoms with Gasteiger partial charge in [-0.3, -0.25) is 0 Å². The number of sulfonamides is 1. The van der Waals surface area contributed by atoms with Crippen LogP contribution in [0.1, 0.15) is 48.8 Å². The minimum atomic E-state index is -4.50. The van der Waals surface area contributed by atoms with Gasteiger partial charge in [-0.2, -0.15) is 17.5 Å². The smallest absolute Gasteiger partial charge is 0.355 e. The fourth-order valence-corrected chi connectivity index (χ4v) is 6.61. The van der Waals surface area contributed by atoms with Crippen LogP contribution >= 0.6 is 0 Å². The molecule has 2 aliphatic rings. The van der Waals surface area contributed by atoms with Crippen LogP contribution in [0.25, 0.3) is 0 Å². The van der Waals surface area contributed by atoms with E-state index in [1.54, 1.807) is 29.2 Å². The van der Waals surface area contributed by atoms with Crippen molar-refractivity contribution in [1.82, 2.24) is 19.3 Å². The number of aryl methyl sites for hydroxylation is 1. The van der Waals surface area contributed by atoms with E-state index in [1.807, 2.05) is 6.92 Å². The number of nitrogens with zero attached hydrogens (tertiary/aromatic N) is 5. The third-order valence-corrected chi connectivity index (χ3v) is 8.99. The monoisotopic (exact) mass is 560 g/mol. The highest BCUT2D eigenvalue weighted by Gasteiger charge is 2.36. The highest BCUT2D eigenvalue weighted by molar-refractivity contribution is 7.89. The summed E-state index contributed by atoms with van der Waals surface area (Å²) in [7, 11) is -3.52. The fourth-order valence-electron chi connectivity index (χ4n) is 5.10. The molecule has 0 amide bonds. The molecule has 0 saturated carbocycles. The molecule has 5 rings (SSSR count). The maximum absolute atomic E-state index is 13.7. The molecule has 1 saturated heterocycles. The zero-order valence-corrected chi connectivity index (χ0v) is 22.5. The molecule has 1 N–H and O–H groups in total. The van der Waals surface area contributed by atoms with Gasteiger partial charge < -0.3 is 10.2 Å². The van der Waals surface area contributed by atoms with E-state index < -0.39 is 21.8 Å². The number of benzene rings is 1. The molecular formula is C27H31F3N6O2S. The van der Waals surface area contributed by atoms with Gasteiger partial charge in [0.1, 0.15) is 17.5 Å². The van der Waals surface area contributed by atoms with Gasteiger partial charge in [0.15, 0.2) is 0 Å². The zero-order chi connectivity index (χ0) is 27.6. The third kappa shape index (κ3) is 5.86. The summed E-state index contributed by atoms with van der Waals surface area (Å²) in [6, 6.07) is 8.95. The van der Waals surface area contributed by atoms with Crippen LogP contribution in [-0.4, -0.2) is 53.9 Å². The number of anilines is 3. The Hall–Kier alpha value is -3.25. The van der Waals surface area contributed by atoms with Crippen LogP contribution in [-0.2, 0) is 35.5 Å². The van der Waals surface area contributed by atoms with Crippen molar-refractivity contribution in [3.63, 3.8) is 0 Å². The summed E-state index contributed by atoms with van der Waals surface area (Å²) in [6.45, 7) is 3.78. The molecule has 2 aromatic heterocycles. The van der Waals surface area contributed by atoms with E-state index in [4.69, 9.17) is 9.97 Å². The van der Waals surface area contributed by atoms with Gasteiger partial charge in [-0.15, -0.1) is 0 Å². The second-order valence-electron chi connectivity index (χ2n) is 9.78. The van der Waals surface area contributed by atoms with Gasteiger partial charge in [0.2, 0.25) is 10.0 Å². The summed E-state index contributed by atoms with van der Waals surface area (Å²) in [5.41, 5.74) is 1.56. The second-order valence-corrected chi connectivity index (χ2v) is 11.7. The molecular weight excluding hydrogens is 529 g/mol. The molecule has 2 aliphatic heterocycles. The average molecular weight is 561 g/mol. The summed E-state index contributed by atoms with van der Waals surface area (Å²) in [5.74, 6) is 1.18. The molecule has 0 atom stereocenters. The van der Waals surface area contributed by atoms with Gasteiger partial charge in [0, 0.05) is 56.5 Å². The predicted octanol–water partition coefficient (Wildman–Crippen LogP) is 4.98. The highest BCUT2D eigenvalue weighted by atomic mass is 32.2. The minimum Gasteiger partial charge on any atom is -0.355 e. The Bertz CT molecular complexity index is 1420. The molecule has 1 aromatic carbocycles. The lowest BCUT2D eigenvalue weighted by Crippen LogP contribution is -2.29. The Labute approximate surface area is 226 Å². The topological polar surface area (TPSA) is 91.3 Å². The number of aromatic nitrogens is 3. The quantitative estimate of drug-likeness (QED) is 0.436. The first-order valence-corrected chi connectivity index (χ1v) is 14.6. The predicted molar refractivity (Wildman–Crippen MR) is 143 cm³/mol. The fraction of sp³-hybridized carbons (Fsp3) is 0.444. The van der Waals surface area contributed by atoms with Crippen molar-refractivity contribution in [1.29, 1.82) is 0 Å². The standard InChI is InChI=1S/C27H31F3N6O2S/c1-2-6-24-33-23-13-18-35(26-22(27(28,29)30)7-5-14-31-26)17-12-21(23)25(34-24)32-19-8-10-20(11-9-19)39(37,38)36-15-3-4-16-36/h5,7-11,14H,2-4,6,12-13,15-18H2,1H3,(H,32,33,34). The Kier molecular flexibility index (Phi) is 7.77. The van der Waals surface area contributed by atoms with Crippen molar-refractivity contribution in [3.05, 3.63) is 65.2 Å². The van der Waals surface area contributed by atoms with Crippen molar-refractivity contribution in [3.8, 4) is 0 Å². The lowest BCUT2D eigenvalue weighted by atomic mass is 10.1. The maximum atomic E-state index is 13.7. The molecule has 0 bridgehead atoms. The molecule has 0 radical (unpaired) electrons. The van der Waals surface area contributed by atoms with E-state index in [1.165, 1.54) is 16.6 Å². The Morgan fingerprint density at radius 1 is 0.974 bits per heavy atom. The van der Waals surface area contributed by atoms with E-state index in [0.29, 0.717) is 62.8 Å². The van der Waals surface area contributed by atoms with Crippen molar-refractivity contribution in [2.75, 3.05) is 36.4 Å². The molecule has 0 aliphatic carbocycles. The number of hydrogen-bond acceptors (Lipinski definition) is 7. The SMILES string of the molecule is CCCc1nc2c(c(Nc3ccc(S(=O)(=O)N4CCCC4)cc3)n1)CCN(c1ncccc1C(F)(F)F)CC2. The van der Waals surface area contributed by atoms with E-state index >= 15 is 0 Å². The molecule has 8 nitrogen and oxygen atoms in total. The van der Waals surface area contributed by atoms with Crippen LogP contribution < -0.4 is 10.2 Å². The van der Waals surface area contributed by atoms with Gasteiger partial charge in [0.25, 0.3) is 0 Å². The largest absolute Gasteiger partial charge is 0.419 e. The molecule has 1 fully saturated rings. The number of alkyl halides is 3.